The summed E-state index contributed by atoms with van der Waals surface area (Å²) in [6.45, 7) is 6.77. The summed E-state index contributed by atoms with van der Waals surface area (Å²) < 4.78 is 12.2. The van der Waals surface area contributed by atoms with E-state index in [1.54, 1.807) is 7.11 Å². The van der Waals surface area contributed by atoms with E-state index < -0.39 is 0 Å². The quantitative estimate of drug-likeness (QED) is 0.760. The van der Waals surface area contributed by atoms with Gasteiger partial charge in [0.05, 0.1) is 19.8 Å². The van der Waals surface area contributed by atoms with Crippen molar-refractivity contribution in [2.75, 3.05) is 13.7 Å². The van der Waals surface area contributed by atoms with Gasteiger partial charge in [-0.1, -0.05) is 22.9 Å². The predicted octanol–water partition coefficient (Wildman–Crippen LogP) is 3.11. The van der Waals surface area contributed by atoms with Crippen LogP contribution in [0.3, 0.4) is 0 Å². The van der Waals surface area contributed by atoms with Crippen LogP contribution in [0.25, 0.3) is 0 Å². The van der Waals surface area contributed by atoms with E-state index in [1.165, 1.54) is 0 Å². The predicted molar refractivity (Wildman–Crippen MR) is 84.5 cm³/mol. The largest absolute Gasteiger partial charge is 0.493 e. The van der Waals surface area contributed by atoms with Crippen LogP contribution in [0.1, 0.15) is 32.8 Å². The number of halogens is 1. The van der Waals surface area contributed by atoms with Crippen molar-refractivity contribution in [3.8, 4) is 11.5 Å². The highest BCUT2D eigenvalue weighted by atomic mass is 79.9. The van der Waals surface area contributed by atoms with Gasteiger partial charge < -0.3 is 19.9 Å². The van der Waals surface area contributed by atoms with Gasteiger partial charge in [-0.2, -0.15) is 0 Å². The zero-order chi connectivity index (χ0) is 15.1. The monoisotopic (exact) mass is 345 g/mol. The fourth-order valence-electron chi connectivity index (χ4n) is 1.87. The number of hydrogen-bond donors (Lipinski definition) is 2. The molecule has 2 N–H and O–H groups in total. The second kappa shape index (κ2) is 8.49. The third-order valence-corrected chi connectivity index (χ3v) is 3.42. The summed E-state index contributed by atoms with van der Waals surface area (Å²) in [5.74, 6) is 1.47. The zero-order valence-electron chi connectivity index (χ0n) is 12.6. The molecule has 0 spiro atoms. The van der Waals surface area contributed by atoms with Crippen LogP contribution >= 0.6 is 15.9 Å². The Labute approximate surface area is 129 Å². The van der Waals surface area contributed by atoms with Crippen molar-refractivity contribution >= 4 is 15.9 Å². The van der Waals surface area contributed by atoms with Crippen molar-refractivity contribution in [2.24, 2.45) is 0 Å². The Morgan fingerprint density at radius 3 is 2.55 bits per heavy atom. The molecular weight excluding hydrogens is 322 g/mol. The van der Waals surface area contributed by atoms with E-state index in [-0.39, 0.29) is 18.8 Å². The highest BCUT2D eigenvalue weighted by Gasteiger charge is 2.15. The molecule has 0 saturated carbocycles. The molecule has 0 fully saturated rings. The van der Waals surface area contributed by atoms with Crippen LogP contribution in [0.15, 0.2) is 16.6 Å². The van der Waals surface area contributed by atoms with Crippen molar-refractivity contribution in [2.45, 2.75) is 45.9 Å². The summed E-state index contributed by atoms with van der Waals surface area (Å²) in [5.41, 5.74) is 1.01. The summed E-state index contributed by atoms with van der Waals surface area (Å²) in [6, 6.07) is 3.99. The smallest absolute Gasteiger partial charge is 0.166 e. The summed E-state index contributed by atoms with van der Waals surface area (Å²) in [6.07, 6.45) is 0.950. The van der Waals surface area contributed by atoms with Crippen LogP contribution in [0, 0.1) is 0 Å². The van der Waals surface area contributed by atoms with E-state index in [0.717, 1.165) is 22.2 Å². The number of benzene rings is 1. The van der Waals surface area contributed by atoms with Gasteiger partial charge in [-0.05, 0) is 32.4 Å². The molecule has 0 amide bonds. The normalized spacial score (nSPS) is 12.6. The molecule has 114 valence electrons. The highest BCUT2D eigenvalue weighted by Crippen LogP contribution is 2.35. The molecule has 0 saturated heterocycles. The van der Waals surface area contributed by atoms with Gasteiger partial charge in [-0.25, -0.2) is 0 Å². The third-order valence-electron chi connectivity index (χ3n) is 2.96. The van der Waals surface area contributed by atoms with Crippen molar-refractivity contribution < 1.29 is 14.6 Å². The second-order valence-electron chi connectivity index (χ2n) is 4.93. The molecule has 1 aromatic carbocycles. The minimum Gasteiger partial charge on any atom is -0.493 e. The fraction of sp³-hybridized carbons (Fsp3) is 0.600. The first-order chi connectivity index (χ1) is 9.51. The molecule has 5 heteroatoms. The standard InChI is InChI=1S/C15H24BrNO3/c1-5-13(9-18)17-8-11-6-12(16)7-14(19-4)15(11)20-10(2)3/h6-7,10,13,17-18H,5,8-9H2,1-4H3/t13-/m1/s1. The minimum atomic E-state index is 0.0728. The summed E-state index contributed by atoms with van der Waals surface area (Å²) in [4.78, 5) is 0. The number of methoxy groups -OCH3 is 1. The molecule has 0 aliphatic carbocycles. The number of nitrogens with one attached hydrogen (secondary N) is 1. The van der Waals surface area contributed by atoms with Gasteiger partial charge in [0.1, 0.15) is 0 Å². The summed E-state index contributed by atoms with van der Waals surface area (Å²) in [5, 5.41) is 12.6. The van der Waals surface area contributed by atoms with E-state index in [9.17, 15) is 5.11 Å². The third kappa shape index (κ3) is 4.96. The maximum absolute atomic E-state index is 9.25. The SMILES string of the molecule is CC[C@H](CO)NCc1cc(Br)cc(OC)c1OC(C)C. The van der Waals surface area contributed by atoms with E-state index in [0.29, 0.717) is 12.3 Å². The van der Waals surface area contributed by atoms with Gasteiger partial charge in [-0.15, -0.1) is 0 Å². The van der Waals surface area contributed by atoms with Gasteiger partial charge >= 0.3 is 0 Å². The Bertz CT molecular complexity index is 420. The molecule has 0 aromatic heterocycles. The van der Waals surface area contributed by atoms with Crippen molar-refractivity contribution in [3.05, 3.63) is 22.2 Å². The summed E-state index contributed by atoms with van der Waals surface area (Å²) in [7, 11) is 1.63. The van der Waals surface area contributed by atoms with Crippen LogP contribution in [0.4, 0.5) is 0 Å². The van der Waals surface area contributed by atoms with E-state index in [1.807, 2.05) is 32.9 Å². The highest BCUT2D eigenvalue weighted by molar-refractivity contribution is 9.10. The van der Waals surface area contributed by atoms with Crippen LogP contribution in [-0.4, -0.2) is 31.0 Å². The minimum absolute atomic E-state index is 0.0728. The lowest BCUT2D eigenvalue weighted by Crippen LogP contribution is -2.31. The van der Waals surface area contributed by atoms with Gasteiger partial charge in [-0.3, -0.25) is 0 Å². The Kier molecular flexibility index (Phi) is 7.34. The molecular formula is C15H24BrNO3. The maximum atomic E-state index is 9.25. The molecule has 0 radical (unpaired) electrons. The Morgan fingerprint density at radius 1 is 1.35 bits per heavy atom. The maximum Gasteiger partial charge on any atom is 0.166 e. The average molecular weight is 346 g/mol. The molecule has 0 heterocycles. The number of hydrogen-bond acceptors (Lipinski definition) is 4. The Morgan fingerprint density at radius 2 is 2.05 bits per heavy atom. The van der Waals surface area contributed by atoms with Crippen LogP contribution < -0.4 is 14.8 Å². The average Bonchev–Trinajstić information content (AvgIpc) is 2.41. The molecule has 1 atom stereocenters. The number of rotatable bonds is 8. The van der Waals surface area contributed by atoms with Crippen molar-refractivity contribution in [3.63, 3.8) is 0 Å². The van der Waals surface area contributed by atoms with E-state index in [2.05, 4.69) is 21.2 Å². The van der Waals surface area contributed by atoms with Crippen molar-refractivity contribution in [1.82, 2.24) is 5.32 Å². The second-order valence-corrected chi connectivity index (χ2v) is 5.85. The summed E-state index contributed by atoms with van der Waals surface area (Å²) >= 11 is 3.48. The molecule has 0 aliphatic rings. The lowest BCUT2D eigenvalue weighted by Gasteiger charge is -2.20. The first kappa shape index (κ1) is 17.3. The lowest BCUT2D eigenvalue weighted by molar-refractivity contribution is 0.222. The molecule has 0 unspecified atom stereocenters. The van der Waals surface area contributed by atoms with Gasteiger partial charge in [0.15, 0.2) is 11.5 Å². The molecule has 1 rings (SSSR count). The van der Waals surface area contributed by atoms with Crippen LogP contribution in [0.2, 0.25) is 0 Å². The first-order valence-electron chi connectivity index (χ1n) is 6.89. The van der Waals surface area contributed by atoms with Gasteiger partial charge in [0.2, 0.25) is 0 Å². The topological polar surface area (TPSA) is 50.7 Å². The van der Waals surface area contributed by atoms with E-state index in [4.69, 9.17) is 9.47 Å². The van der Waals surface area contributed by atoms with Gasteiger partial charge in [0.25, 0.3) is 0 Å². The molecule has 1 aromatic rings. The Balaban J connectivity index is 2.99. The molecule has 20 heavy (non-hydrogen) atoms. The lowest BCUT2D eigenvalue weighted by atomic mass is 10.1. The number of aliphatic hydroxyl groups is 1. The fourth-order valence-corrected chi connectivity index (χ4v) is 2.35. The Hall–Kier alpha value is -0.780. The van der Waals surface area contributed by atoms with Crippen LogP contribution in [0.5, 0.6) is 11.5 Å². The molecule has 0 bridgehead atoms. The first-order valence-corrected chi connectivity index (χ1v) is 7.68. The zero-order valence-corrected chi connectivity index (χ0v) is 14.2. The van der Waals surface area contributed by atoms with Crippen molar-refractivity contribution in [1.29, 1.82) is 0 Å². The van der Waals surface area contributed by atoms with Gasteiger partial charge in [0, 0.05) is 22.6 Å². The number of ether oxygens (including phenoxy) is 2. The molecule has 0 aliphatic heterocycles. The van der Waals surface area contributed by atoms with Crippen LogP contribution in [-0.2, 0) is 6.54 Å². The van der Waals surface area contributed by atoms with E-state index >= 15 is 0 Å². The molecule has 4 nitrogen and oxygen atoms in total. The number of aliphatic hydroxyl groups excluding tert-OH is 1.